The van der Waals surface area contributed by atoms with E-state index in [-0.39, 0.29) is 12.1 Å². The van der Waals surface area contributed by atoms with Gasteiger partial charge in [-0.1, -0.05) is 12.1 Å². The van der Waals surface area contributed by atoms with Gasteiger partial charge < -0.3 is 15.3 Å². The lowest BCUT2D eigenvalue weighted by molar-refractivity contribution is 0.176. The number of anilines is 1. The Morgan fingerprint density at radius 2 is 2.29 bits per heavy atom. The van der Waals surface area contributed by atoms with Crippen molar-refractivity contribution >= 4 is 23.5 Å². The lowest BCUT2D eigenvalue weighted by atomic mass is 10.3. The minimum atomic E-state index is -0.378. The van der Waals surface area contributed by atoms with Gasteiger partial charge in [-0.3, -0.25) is 0 Å². The zero-order valence-electron chi connectivity index (χ0n) is 9.72. The maximum absolute atomic E-state index is 11.9. The van der Waals surface area contributed by atoms with Gasteiger partial charge in [0.1, 0.15) is 0 Å². The Kier molecular flexibility index (Phi) is 3.91. The zero-order valence-corrected chi connectivity index (χ0v) is 10.5. The number of aliphatic hydroxyl groups is 1. The molecule has 2 N–H and O–H groups in total. The number of carbonyl (C=O) groups is 1. The van der Waals surface area contributed by atoms with Crippen LogP contribution < -0.4 is 5.32 Å². The number of β-amino-alcohol motifs (C(OH)–C–C–N with tert-alkyl or cyclic N) is 1. The fourth-order valence-corrected chi connectivity index (χ4v) is 2.42. The average Bonchev–Trinajstić information content (AvgIpc) is 2.77. The topological polar surface area (TPSA) is 52.6 Å². The normalized spacial score (nSPS) is 19.4. The van der Waals surface area contributed by atoms with E-state index in [9.17, 15) is 9.90 Å². The van der Waals surface area contributed by atoms with Gasteiger partial charge in [0.2, 0.25) is 0 Å². The summed E-state index contributed by atoms with van der Waals surface area (Å²) in [6.45, 7) is 1.04. The van der Waals surface area contributed by atoms with E-state index in [1.165, 1.54) is 0 Å². The molecule has 1 aliphatic rings. The molecular formula is C12H16N2O2S. The highest BCUT2D eigenvalue weighted by molar-refractivity contribution is 7.98. The first-order chi connectivity index (χ1) is 8.20. The van der Waals surface area contributed by atoms with Gasteiger partial charge in [0.25, 0.3) is 0 Å². The van der Waals surface area contributed by atoms with Crippen LogP contribution in [0.4, 0.5) is 10.5 Å². The second kappa shape index (κ2) is 5.42. The molecule has 0 spiro atoms. The van der Waals surface area contributed by atoms with Crippen LogP contribution in [0.25, 0.3) is 0 Å². The van der Waals surface area contributed by atoms with Crippen LogP contribution in [0, 0.1) is 0 Å². The maximum Gasteiger partial charge on any atom is 0.321 e. The standard InChI is InChI=1S/C12H16N2O2S/c1-17-11-5-3-2-4-10(11)13-12(16)14-7-6-9(15)8-14/h2-5,9,15H,6-8H2,1H3,(H,13,16)/t9-/m1/s1. The molecule has 5 heteroatoms. The summed E-state index contributed by atoms with van der Waals surface area (Å²) in [7, 11) is 0. The highest BCUT2D eigenvalue weighted by atomic mass is 32.2. The fraction of sp³-hybridized carbons (Fsp3) is 0.417. The van der Waals surface area contributed by atoms with Crippen molar-refractivity contribution in [1.82, 2.24) is 4.90 Å². The molecule has 2 amide bonds. The molecule has 17 heavy (non-hydrogen) atoms. The number of rotatable bonds is 2. The van der Waals surface area contributed by atoms with E-state index in [0.29, 0.717) is 19.5 Å². The summed E-state index contributed by atoms with van der Waals surface area (Å²) >= 11 is 1.60. The number of urea groups is 1. The molecule has 0 bridgehead atoms. The van der Waals surface area contributed by atoms with E-state index in [0.717, 1.165) is 10.6 Å². The van der Waals surface area contributed by atoms with Crippen molar-refractivity contribution in [2.75, 3.05) is 24.7 Å². The van der Waals surface area contributed by atoms with E-state index in [4.69, 9.17) is 0 Å². The van der Waals surface area contributed by atoms with E-state index in [1.54, 1.807) is 16.7 Å². The number of para-hydroxylation sites is 1. The Hall–Kier alpha value is -1.20. The molecule has 4 nitrogen and oxygen atoms in total. The molecule has 0 radical (unpaired) electrons. The lowest BCUT2D eigenvalue weighted by Crippen LogP contribution is -2.33. The van der Waals surface area contributed by atoms with Gasteiger partial charge in [-0.15, -0.1) is 11.8 Å². The first-order valence-corrected chi connectivity index (χ1v) is 6.80. The van der Waals surface area contributed by atoms with Gasteiger partial charge in [-0.05, 0) is 24.8 Å². The van der Waals surface area contributed by atoms with E-state index in [2.05, 4.69) is 5.32 Å². The molecule has 1 fully saturated rings. The van der Waals surface area contributed by atoms with Crippen molar-refractivity contribution in [3.63, 3.8) is 0 Å². The number of hydrogen-bond donors (Lipinski definition) is 2. The maximum atomic E-state index is 11.9. The first-order valence-electron chi connectivity index (χ1n) is 5.57. The summed E-state index contributed by atoms with van der Waals surface area (Å²) in [6.07, 6.45) is 2.26. The molecular weight excluding hydrogens is 236 g/mol. The van der Waals surface area contributed by atoms with Gasteiger partial charge in [0, 0.05) is 18.0 Å². The average molecular weight is 252 g/mol. The van der Waals surface area contributed by atoms with Gasteiger partial charge in [0.05, 0.1) is 11.8 Å². The predicted octanol–water partition coefficient (Wildman–Crippen LogP) is 2.01. The van der Waals surface area contributed by atoms with Gasteiger partial charge in [-0.2, -0.15) is 0 Å². The van der Waals surface area contributed by atoms with Crippen LogP contribution in [0.15, 0.2) is 29.2 Å². The summed E-state index contributed by atoms with van der Waals surface area (Å²) in [5.74, 6) is 0. The second-order valence-corrected chi connectivity index (χ2v) is 4.87. The third kappa shape index (κ3) is 2.92. The van der Waals surface area contributed by atoms with Crippen LogP contribution in [0.1, 0.15) is 6.42 Å². The summed E-state index contributed by atoms with van der Waals surface area (Å²) in [6, 6.07) is 7.56. The van der Waals surface area contributed by atoms with Gasteiger partial charge in [-0.25, -0.2) is 4.79 Å². The largest absolute Gasteiger partial charge is 0.391 e. The van der Waals surface area contributed by atoms with Crippen molar-refractivity contribution in [2.45, 2.75) is 17.4 Å². The van der Waals surface area contributed by atoms with Crippen LogP contribution in [0.2, 0.25) is 0 Å². The predicted molar refractivity (Wildman–Crippen MR) is 69.4 cm³/mol. The highest BCUT2D eigenvalue weighted by Gasteiger charge is 2.24. The number of carbonyl (C=O) groups excluding carboxylic acids is 1. The van der Waals surface area contributed by atoms with Crippen molar-refractivity contribution in [1.29, 1.82) is 0 Å². The minimum Gasteiger partial charge on any atom is -0.391 e. The third-order valence-electron chi connectivity index (χ3n) is 2.80. The number of benzene rings is 1. The Labute approximate surface area is 105 Å². The van der Waals surface area contributed by atoms with Crippen LogP contribution in [0.5, 0.6) is 0 Å². The molecule has 0 saturated carbocycles. The monoisotopic (exact) mass is 252 g/mol. The molecule has 2 rings (SSSR count). The molecule has 1 aromatic carbocycles. The number of nitrogens with zero attached hydrogens (tertiary/aromatic N) is 1. The number of amides is 2. The second-order valence-electron chi connectivity index (χ2n) is 4.02. The molecule has 0 unspecified atom stereocenters. The Morgan fingerprint density at radius 1 is 1.53 bits per heavy atom. The van der Waals surface area contributed by atoms with Crippen molar-refractivity contribution in [3.05, 3.63) is 24.3 Å². The lowest BCUT2D eigenvalue weighted by Gasteiger charge is -2.17. The van der Waals surface area contributed by atoms with Crippen molar-refractivity contribution in [3.8, 4) is 0 Å². The van der Waals surface area contributed by atoms with Crippen molar-refractivity contribution in [2.24, 2.45) is 0 Å². The minimum absolute atomic E-state index is 0.136. The third-order valence-corrected chi connectivity index (χ3v) is 3.59. The molecule has 1 saturated heterocycles. The van der Waals surface area contributed by atoms with Gasteiger partial charge in [0.15, 0.2) is 0 Å². The number of thioether (sulfide) groups is 1. The number of likely N-dealkylation sites (tertiary alicyclic amines) is 1. The van der Waals surface area contributed by atoms with Crippen LogP contribution in [-0.2, 0) is 0 Å². The van der Waals surface area contributed by atoms with Crippen molar-refractivity contribution < 1.29 is 9.90 Å². The molecule has 0 aromatic heterocycles. The van der Waals surface area contributed by atoms with Crippen LogP contribution in [-0.4, -0.2) is 41.5 Å². The fourth-order valence-electron chi connectivity index (χ4n) is 1.87. The Morgan fingerprint density at radius 3 is 2.94 bits per heavy atom. The zero-order chi connectivity index (χ0) is 12.3. The summed E-state index contributed by atoms with van der Waals surface area (Å²) < 4.78 is 0. The quantitative estimate of drug-likeness (QED) is 0.792. The smallest absolute Gasteiger partial charge is 0.321 e. The van der Waals surface area contributed by atoms with Gasteiger partial charge >= 0.3 is 6.03 Å². The number of aliphatic hydroxyl groups excluding tert-OH is 1. The van der Waals surface area contributed by atoms with Crippen LogP contribution in [0.3, 0.4) is 0 Å². The van der Waals surface area contributed by atoms with E-state index < -0.39 is 0 Å². The number of nitrogens with one attached hydrogen (secondary N) is 1. The highest BCUT2D eigenvalue weighted by Crippen LogP contribution is 2.25. The SMILES string of the molecule is CSc1ccccc1NC(=O)N1CC[C@@H](O)C1. The summed E-state index contributed by atoms with van der Waals surface area (Å²) in [4.78, 5) is 14.6. The molecule has 1 aromatic rings. The molecule has 0 aliphatic carbocycles. The molecule has 92 valence electrons. The van der Waals surface area contributed by atoms with E-state index >= 15 is 0 Å². The molecule has 1 heterocycles. The summed E-state index contributed by atoms with van der Waals surface area (Å²) in [5.41, 5.74) is 0.825. The first kappa shape index (κ1) is 12.3. The van der Waals surface area contributed by atoms with E-state index in [1.807, 2.05) is 30.5 Å². The number of hydrogen-bond acceptors (Lipinski definition) is 3. The summed E-state index contributed by atoms with van der Waals surface area (Å²) in [5, 5.41) is 12.3. The Balaban J connectivity index is 2.03. The Bertz CT molecular complexity index is 411. The molecule has 1 atom stereocenters. The molecule has 1 aliphatic heterocycles. The van der Waals surface area contributed by atoms with Crippen LogP contribution >= 0.6 is 11.8 Å².